The van der Waals surface area contributed by atoms with Gasteiger partial charge in [-0.25, -0.2) is 13.2 Å². The summed E-state index contributed by atoms with van der Waals surface area (Å²) < 4.78 is 33.2. The Hall–Kier alpha value is -3.69. The first kappa shape index (κ1) is 23.1. The normalized spacial score (nSPS) is 16.9. The van der Waals surface area contributed by atoms with Gasteiger partial charge in [0.1, 0.15) is 10.9 Å². The first-order valence-corrected chi connectivity index (χ1v) is 12.8. The fourth-order valence-corrected chi connectivity index (χ4v) is 5.85. The quantitative estimate of drug-likeness (QED) is 0.452. The van der Waals surface area contributed by atoms with E-state index in [0.29, 0.717) is 24.3 Å². The molecule has 3 heterocycles. The summed E-state index contributed by atoms with van der Waals surface area (Å²) in [5.41, 5.74) is 0.504. The number of ether oxygens (including phenoxy) is 1. The predicted molar refractivity (Wildman–Crippen MR) is 127 cm³/mol. The molecule has 1 aliphatic heterocycles. The molecule has 12 heteroatoms. The highest BCUT2D eigenvalue weighted by Gasteiger charge is 2.36. The van der Waals surface area contributed by atoms with E-state index in [1.54, 1.807) is 16.8 Å². The molecule has 11 nitrogen and oxygen atoms in total. The predicted octanol–water partition coefficient (Wildman–Crippen LogP) is 2.51. The maximum absolute atomic E-state index is 12.9. The number of nitrogens with zero attached hydrogens (tertiary/aromatic N) is 4. The molecule has 1 atom stereocenters. The number of aromatic amines is 1. The van der Waals surface area contributed by atoms with Crippen LogP contribution in [-0.2, 0) is 14.8 Å². The van der Waals surface area contributed by atoms with Crippen LogP contribution < -0.4 is 10.9 Å². The van der Waals surface area contributed by atoms with Gasteiger partial charge in [0, 0.05) is 25.0 Å². The molecule has 5 rings (SSSR count). The summed E-state index contributed by atoms with van der Waals surface area (Å²) in [4.78, 5) is 28.1. The standard InChI is InChI=1S/C23H24N6O5S/c1-34-23(31)17-13-25-22(30)19-20(17)29(18(9-10-24)14-3-4-14)27-21(19)26-15-5-7-16(8-6-15)35(32,33)28-11-2-12-28/h5-8,13-14,18H,2-4,9,11-12H2,1H3,(H,25,30)(H,26,27). The van der Waals surface area contributed by atoms with Crippen molar-refractivity contribution in [3.63, 3.8) is 0 Å². The monoisotopic (exact) mass is 496 g/mol. The number of benzene rings is 1. The number of hydrogen-bond acceptors (Lipinski definition) is 8. The number of H-pyrrole nitrogens is 1. The minimum absolute atomic E-state index is 0.141. The Kier molecular flexibility index (Phi) is 5.82. The summed E-state index contributed by atoms with van der Waals surface area (Å²) in [6.45, 7) is 1.03. The minimum atomic E-state index is -3.52. The zero-order valence-electron chi connectivity index (χ0n) is 19.0. The van der Waals surface area contributed by atoms with Crippen LogP contribution in [0, 0.1) is 17.2 Å². The van der Waals surface area contributed by atoms with E-state index in [9.17, 15) is 23.3 Å². The number of hydrogen-bond donors (Lipinski definition) is 2. The van der Waals surface area contributed by atoms with E-state index in [4.69, 9.17) is 4.74 Å². The number of carbonyl (C=O) groups is 1. The van der Waals surface area contributed by atoms with Crippen LogP contribution in [0.2, 0.25) is 0 Å². The van der Waals surface area contributed by atoms with E-state index in [2.05, 4.69) is 21.5 Å². The summed E-state index contributed by atoms with van der Waals surface area (Å²) in [7, 11) is -2.27. The van der Waals surface area contributed by atoms with Gasteiger partial charge in [0.15, 0.2) is 5.82 Å². The van der Waals surface area contributed by atoms with Gasteiger partial charge in [0.05, 0.1) is 36.1 Å². The zero-order chi connectivity index (χ0) is 24.7. The maximum atomic E-state index is 12.9. The fraction of sp³-hybridized carbons (Fsp3) is 0.391. The van der Waals surface area contributed by atoms with Crippen LogP contribution in [0.25, 0.3) is 10.9 Å². The van der Waals surface area contributed by atoms with Crippen LogP contribution in [0.4, 0.5) is 11.5 Å². The van der Waals surface area contributed by atoms with E-state index in [1.807, 2.05) is 0 Å². The molecule has 3 aromatic rings. The number of sulfonamides is 1. The SMILES string of the molecule is COC(=O)c1c[nH]c(=O)c2c(Nc3ccc(S(=O)(=O)N4CCC4)cc3)nn(C(CC#N)C3CC3)c12. The summed E-state index contributed by atoms with van der Waals surface area (Å²) >= 11 is 0. The van der Waals surface area contributed by atoms with E-state index >= 15 is 0 Å². The Balaban J connectivity index is 1.58. The van der Waals surface area contributed by atoms with Crippen molar-refractivity contribution in [3.05, 3.63) is 46.4 Å². The lowest BCUT2D eigenvalue weighted by molar-refractivity contribution is 0.0601. The van der Waals surface area contributed by atoms with Gasteiger partial charge < -0.3 is 15.0 Å². The summed E-state index contributed by atoms with van der Waals surface area (Å²) in [6.07, 6.45) is 4.19. The second-order valence-corrected chi connectivity index (χ2v) is 10.7. The molecule has 35 heavy (non-hydrogen) atoms. The number of anilines is 2. The third-order valence-corrected chi connectivity index (χ3v) is 8.41. The second kappa shape index (κ2) is 8.83. The van der Waals surface area contributed by atoms with Crippen LogP contribution >= 0.6 is 0 Å². The Morgan fingerprint density at radius 3 is 2.60 bits per heavy atom. The zero-order valence-corrected chi connectivity index (χ0v) is 19.8. The average molecular weight is 497 g/mol. The molecular weight excluding hydrogens is 472 g/mol. The van der Waals surface area contributed by atoms with Gasteiger partial charge in [-0.2, -0.15) is 14.7 Å². The van der Waals surface area contributed by atoms with Gasteiger partial charge in [-0.15, -0.1) is 0 Å². The van der Waals surface area contributed by atoms with Crippen molar-refractivity contribution in [3.8, 4) is 6.07 Å². The average Bonchev–Trinajstić information content (AvgIpc) is 3.58. The van der Waals surface area contributed by atoms with Gasteiger partial charge >= 0.3 is 5.97 Å². The van der Waals surface area contributed by atoms with Gasteiger partial charge in [-0.05, 0) is 49.4 Å². The molecule has 1 aliphatic carbocycles. The lowest BCUT2D eigenvalue weighted by Gasteiger charge is -2.29. The molecule has 1 saturated carbocycles. The van der Waals surface area contributed by atoms with Crippen molar-refractivity contribution in [1.29, 1.82) is 5.26 Å². The molecule has 0 radical (unpaired) electrons. The molecule has 1 aromatic carbocycles. The molecule has 1 unspecified atom stereocenters. The number of rotatable bonds is 8. The summed E-state index contributed by atoms with van der Waals surface area (Å²) in [5.74, 6) is -0.207. The lowest BCUT2D eigenvalue weighted by Crippen LogP contribution is -2.41. The summed E-state index contributed by atoms with van der Waals surface area (Å²) in [6, 6.07) is 8.09. The molecular formula is C23H24N6O5S. The third-order valence-electron chi connectivity index (χ3n) is 6.50. The molecule has 182 valence electrons. The second-order valence-electron chi connectivity index (χ2n) is 8.71. The highest BCUT2D eigenvalue weighted by Crippen LogP contribution is 2.43. The third kappa shape index (κ3) is 4.06. The van der Waals surface area contributed by atoms with Crippen molar-refractivity contribution < 1.29 is 17.9 Å². The Morgan fingerprint density at radius 1 is 1.31 bits per heavy atom. The van der Waals surface area contributed by atoms with Gasteiger partial charge in [0.25, 0.3) is 5.56 Å². The molecule has 2 fully saturated rings. The minimum Gasteiger partial charge on any atom is -0.465 e. The molecule has 2 N–H and O–H groups in total. The number of methoxy groups -OCH3 is 1. The number of carbonyl (C=O) groups excluding carboxylic acids is 1. The van der Waals surface area contributed by atoms with Crippen molar-refractivity contribution in [2.24, 2.45) is 5.92 Å². The summed E-state index contributed by atoms with van der Waals surface area (Å²) in [5, 5.41) is 17.3. The molecule has 0 amide bonds. The molecule has 2 aliphatic rings. The Bertz CT molecular complexity index is 1490. The first-order chi connectivity index (χ1) is 16.8. The Labute approximate surface area is 201 Å². The van der Waals surface area contributed by atoms with Crippen LogP contribution in [0.1, 0.15) is 42.1 Å². The van der Waals surface area contributed by atoms with Crippen molar-refractivity contribution in [1.82, 2.24) is 19.1 Å². The van der Waals surface area contributed by atoms with E-state index < -0.39 is 21.6 Å². The van der Waals surface area contributed by atoms with Crippen molar-refractivity contribution >= 4 is 38.4 Å². The molecule has 0 spiro atoms. The topological polar surface area (TPSA) is 150 Å². The molecule has 1 saturated heterocycles. The highest BCUT2D eigenvalue weighted by molar-refractivity contribution is 7.89. The van der Waals surface area contributed by atoms with Gasteiger partial charge in [0.2, 0.25) is 10.0 Å². The van der Waals surface area contributed by atoms with Crippen molar-refractivity contribution in [2.75, 3.05) is 25.5 Å². The number of esters is 1. The molecule has 2 aromatic heterocycles. The van der Waals surface area contributed by atoms with Crippen LogP contribution in [0.3, 0.4) is 0 Å². The Morgan fingerprint density at radius 2 is 2.03 bits per heavy atom. The maximum Gasteiger partial charge on any atom is 0.341 e. The number of aromatic nitrogens is 3. The number of nitrogens with one attached hydrogen (secondary N) is 2. The van der Waals surface area contributed by atoms with Gasteiger partial charge in [-0.1, -0.05) is 0 Å². The van der Waals surface area contributed by atoms with E-state index in [-0.39, 0.29) is 40.0 Å². The van der Waals surface area contributed by atoms with Crippen LogP contribution in [0.5, 0.6) is 0 Å². The van der Waals surface area contributed by atoms with Crippen LogP contribution in [-0.4, -0.2) is 53.7 Å². The molecule has 0 bridgehead atoms. The number of nitriles is 1. The number of pyridine rings is 1. The first-order valence-electron chi connectivity index (χ1n) is 11.3. The number of fused-ring (bicyclic) bond motifs is 1. The highest BCUT2D eigenvalue weighted by atomic mass is 32.2. The van der Waals surface area contributed by atoms with E-state index in [0.717, 1.165) is 19.3 Å². The van der Waals surface area contributed by atoms with E-state index in [1.165, 1.54) is 29.7 Å². The van der Waals surface area contributed by atoms with Gasteiger partial charge in [-0.3, -0.25) is 9.48 Å². The largest absolute Gasteiger partial charge is 0.465 e. The smallest absolute Gasteiger partial charge is 0.341 e. The van der Waals surface area contributed by atoms with Crippen molar-refractivity contribution in [2.45, 2.75) is 36.6 Å². The lowest BCUT2D eigenvalue weighted by atomic mass is 10.1. The fourth-order valence-electron chi connectivity index (χ4n) is 4.33. The van der Waals surface area contributed by atoms with Crippen LogP contribution in [0.15, 0.2) is 40.2 Å².